The molecular weight excluding hydrogens is 300 g/mol. The normalized spacial score (nSPS) is 10.8. The molecule has 0 radical (unpaired) electrons. The monoisotopic (exact) mass is 314 g/mol. The van der Waals surface area contributed by atoms with Crippen LogP contribution in [0.2, 0.25) is 5.02 Å². The fourth-order valence-corrected chi connectivity index (χ4v) is 2.48. The van der Waals surface area contributed by atoms with Crippen molar-refractivity contribution in [3.05, 3.63) is 64.8 Å². The molecule has 4 nitrogen and oxygen atoms in total. The van der Waals surface area contributed by atoms with Gasteiger partial charge in [0.25, 0.3) is 5.91 Å². The third kappa shape index (κ3) is 3.13. The van der Waals surface area contributed by atoms with Gasteiger partial charge < -0.3 is 15.4 Å². The van der Waals surface area contributed by atoms with Crippen molar-refractivity contribution in [2.45, 2.75) is 6.42 Å². The summed E-state index contributed by atoms with van der Waals surface area (Å²) < 4.78 is 0. The molecule has 0 bridgehead atoms. The summed E-state index contributed by atoms with van der Waals surface area (Å²) in [6.45, 7) is 0.114. The number of nitrogens with one attached hydrogen (secondary N) is 2. The molecule has 0 spiro atoms. The molecule has 0 aliphatic carbocycles. The van der Waals surface area contributed by atoms with Crippen LogP contribution in [0, 0.1) is 0 Å². The SMILES string of the molecule is O=C(Nc1ccc(CCO)cc1)c1cc2ccc(Cl)cc2[nH]1. The molecule has 1 amide bonds. The zero-order valence-corrected chi connectivity index (χ0v) is 12.5. The number of hydrogen-bond donors (Lipinski definition) is 3. The Bertz CT molecular complexity index is 809. The van der Waals surface area contributed by atoms with Crippen molar-refractivity contribution in [3.63, 3.8) is 0 Å². The maximum absolute atomic E-state index is 12.3. The fraction of sp³-hybridized carbons (Fsp3) is 0.118. The molecule has 3 rings (SSSR count). The smallest absolute Gasteiger partial charge is 0.272 e. The van der Waals surface area contributed by atoms with E-state index >= 15 is 0 Å². The number of hydrogen-bond acceptors (Lipinski definition) is 2. The van der Waals surface area contributed by atoms with E-state index in [9.17, 15) is 4.79 Å². The lowest BCUT2D eigenvalue weighted by Gasteiger charge is -2.05. The summed E-state index contributed by atoms with van der Waals surface area (Å²) >= 11 is 5.94. The van der Waals surface area contributed by atoms with Crippen LogP contribution < -0.4 is 5.32 Å². The van der Waals surface area contributed by atoms with Crippen molar-refractivity contribution in [2.24, 2.45) is 0 Å². The topological polar surface area (TPSA) is 65.1 Å². The number of aromatic nitrogens is 1. The van der Waals surface area contributed by atoms with Crippen LogP contribution in [0.15, 0.2) is 48.5 Å². The minimum atomic E-state index is -0.206. The van der Waals surface area contributed by atoms with Crippen molar-refractivity contribution < 1.29 is 9.90 Å². The second-order valence-electron chi connectivity index (χ2n) is 5.04. The molecule has 1 heterocycles. The van der Waals surface area contributed by atoms with Crippen LogP contribution in [0.3, 0.4) is 0 Å². The van der Waals surface area contributed by atoms with Gasteiger partial charge in [0.1, 0.15) is 5.69 Å². The van der Waals surface area contributed by atoms with Crippen LogP contribution in [0.5, 0.6) is 0 Å². The Balaban J connectivity index is 1.77. The Kier molecular flexibility index (Phi) is 4.13. The molecule has 112 valence electrons. The van der Waals surface area contributed by atoms with Gasteiger partial charge in [-0.2, -0.15) is 0 Å². The standard InChI is InChI=1S/C17H15ClN2O2/c18-13-4-3-12-9-16(20-15(12)10-13)17(22)19-14-5-1-11(2-6-14)7-8-21/h1-6,9-10,20-21H,7-8H2,(H,19,22). The lowest BCUT2D eigenvalue weighted by molar-refractivity contribution is 0.102. The van der Waals surface area contributed by atoms with E-state index in [4.69, 9.17) is 16.7 Å². The van der Waals surface area contributed by atoms with Crippen LogP contribution in [-0.2, 0) is 6.42 Å². The summed E-state index contributed by atoms with van der Waals surface area (Å²) in [7, 11) is 0. The number of aliphatic hydroxyl groups is 1. The minimum absolute atomic E-state index is 0.114. The molecular formula is C17H15ClN2O2. The minimum Gasteiger partial charge on any atom is -0.396 e. The second-order valence-corrected chi connectivity index (χ2v) is 5.48. The number of halogens is 1. The quantitative estimate of drug-likeness (QED) is 0.689. The van der Waals surface area contributed by atoms with Gasteiger partial charge in [0.2, 0.25) is 0 Å². The molecule has 0 saturated heterocycles. The number of aromatic amines is 1. The first-order valence-electron chi connectivity index (χ1n) is 6.95. The van der Waals surface area contributed by atoms with E-state index in [0.717, 1.165) is 16.5 Å². The Morgan fingerprint density at radius 1 is 1.14 bits per heavy atom. The Morgan fingerprint density at radius 2 is 1.91 bits per heavy atom. The number of aliphatic hydroxyl groups excluding tert-OH is 1. The Hall–Kier alpha value is -2.30. The lowest BCUT2D eigenvalue weighted by Crippen LogP contribution is -2.12. The van der Waals surface area contributed by atoms with Crippen molar-refractivity contribution in [1.82, 2.24) is 4.98 Å². The summed E-state index contributed by atoms with van der Waals surface area (Å²) in [5, 5.41) is 13.3. The molecule has 22 heavy (non-hydrogen) atoms. The first-order chi connectivity index (χ1) is 10.7. The first kappa shape index (κ1) is 14.6. The molecule has 0 fully saturated rings. The summed E-state index contributed by atoms with van der Waals surface area (Å²) in [6.07, 6.45) is 0.608. The summed E-state index contributed by atoms with van der Waals surface area (Å²) in [6, 6.07) is 14.7. The van der Waals surface area contributed by atoms with Gasteiger partial charge in [0, 0.05) is 28.2 Å². The zero-order chi connectivity index (χ0) is 15.5. The van der Waals surface area contributed by atoms with Crippen LogP contribution in [0.25, 0.3) is 10.9 Å². The van der Waals surface area contributed by atoms with Gasteiger partial charge in [-0.25, -0.2) is 0 Å². The first-order valence-corrected chi connectivity index (χ1v) is 7.33. The molecule has 5 heteroatoms. The van der Waals surface area contributed by atoms with Gasteiger partial charge in [-0.15, -0.1) is 0 Å². The van der Waals surface area contributed by atoms with E-state index in [1.54, 1.807) is 18.2 Å². The number of anilines is 1. The van der Waals surface area contributed by atoms with Crippen molar-refractivity contribution in [1.29, 1.82) is 0 Å². The summed E-state index contributed by atoms with van der Waals surface area (Å²) in [5.74, 6) is -0.206. The summed E-state index contributed by atoms with van der Waals surface area (Å²) in [4.78, 5) is 15.3. The predicted molar refractivity (Wildman–Crippen MR) is 88.5 cm³/mol. The van der Waals surface area contributed by atoms with Gasteiger partial charge in [-0.1, -0.05) is 29.8 Å². The van der Waals surface area contributed by atoms with E-state index in [1.165, 1.54) is 0 Å². The Labute approximate surface area is 132 Å². The van der Waals surface area contributed by atoms with E-state index in [2.05, 4.69) is 10.3 Å². The molecule has 0 aliphatic heterocycles. The Morgan fingerprint density at radius 3 is 2.64 bits per heavy atom. The maximum Gasteiger partial charge on any atom is 0.272 e. The molecule has 2 aromatic carbocycles. The van der Waals surface area contributed by atoms with E-state index < -0.39 is 0 Å². The molecule has 3 N–H and O–H groups in total. The highest BCUT2D eigenvalue weighted by atomic mass is 35.5. The van der Waals surface area contributed by atoms with Crippen molar-refractivity contribution in [2.75, 3.05) is 11.9 Å². The number of rotatable bonds is 4. The van der Waals surface area contributed by atoms with E-state index in [1.807, 2.05) is 30.3 Å². The molecule has 0 unspecified atom stereocenters. The molecule has 1 aromatic heterocycles. The third-order valence-electron chi connectivity index (χ3n) is 3.44. The largest absolute Gasteiger partial charge is 0.396 e. The lowest BCUT2D eigenvalue weighted by atomic mass is 10.1. The third-order valence-corrected chi connectivity index (χ3v) is 3.68. The van der Waals surface area contributed by atoms with Gasteiger partial charge in [-0.3, -0.25) is 4.79 Å². The number of carbonyl (C=O) groups excluding carboxylic acids is 1. The van der Waals surface area contributed by atoms with Gasteiger partial charge in [0.05, 0.1) is 0 Å². The van der Waals surface area contributed by atoms with Crippen LogP contribution >= 0.6 is 11.6 Å². The van der Waals surface area contributed by atoms with E-state index in [-0.39, 0.29) is 12.5 Å². The maximum atomic E-state index is 12.3. The van der Waals surface area contributed by atoms with E-state index in [0.29, 0.717) is 22.8 Å². The van der Waals surface area contributed by atoms with Crippen molar-refractivity contribution >= 4 is 34.1 Å². The second kappa shape index (κ2) is 6.22. The molecule has 3 aromatic rings. The summed E-state index contributed by atoms with van der Waals surface area (Å²) in [5.41, 5.74) is 3.05. The van der Waals surface area contributed by atoms with Gasteiger partial charge in [-0.05, 0) is 42.3 Å². The van der Waals surface area contributed by atoms with Crippen LogP contribution in [-0.4, -0.2) is 22.6 Å². The van der Waals surface area contributed by atoms with Crippen LogP contribution in [0.1, 0.15) is 16.1 Å². The average molecular weight is 315 g/mol. The number of fused-ring (bicyclic) bond motifs is 1. The number of H-pyrrole nitrogens is 1. The van der Waals surface area contributed by atoms with Gasteiger partial charge >= 0.3 is 0 Å². The highest BCUT2D eigenvalue weighted by molar-refractivity contribution is 6.31. The average Bonchev–Trinajstić information content (AvgIpc) is 2.92. The van der Waals surface area contributed by atoms with Gasteiger partial charge in [0.15, 0.2) is 0 Å². The fourth-order valence-electron chi connectivity index (χ4n) is 2.30. The van der Waals surface area contributed by atoms with Crippen molar-refractivity contribution in [3.8, 4) is 0 Å². The molecule has 0 aliphatic rings. The predicted octanol–water partition coefficient (Wildman–Crippen LogP) is 3.61. The highest BCUT2D eigenvalue weighted by Gasteiger charge is 2.10. The number of carbonyl (C=O) groups is 1. The number of amides is 1. The molecule has 0 saturated carbocycles. The number of benzene rings is 2. The highest BCUT2D eigenvalue weighted by Crippen LogP contribution is 2.20. The van der Waals surface area contributed by atoms with Crippen LogP contribution in [0.4, 0.5) is 5.69 Å². The zero-order valence-electron chi connectivity index (χ0n) is 11.8. The molecule has 0 atom stereocenters.